The number of benzene rings is 1. The predicted molar refractivity (Wildman–Crippen MR) is 82.6 cm³/mol. The molecule has 1 aromatic carbocycles. The molecule has 0 saturated carbocycles. The van der Waals surface area contributed by atoms with Crippen molar-refractivity contribution >= 4 is 22.8 Å². The van der Waals surface area contributed by atoms with E-state index in [-0.39, 0.29) is 11.7 Å². The van der Waals surface area contributed by atoms with E-state index < -0.39 is 5.91 Å². The summed E-state index contributed by atoms with van der Waals surface area (Å²) in [6.45, 7) is 4.17. The molecular weight excluding hydrogens is 282 g/mol. The summed E-state index contributed by atoms with van der Waals surface area (Å²) in [5.74, 6) is -0.448. The van der Waals surface area contributed by atoms with Gasteiger partial charge in [0.25, 0.3) is 11.8 Å². The van der Waals surface area contributed by atoms with Gasteiger partial charge in [0.15, 0.2) is 5.82 Å². The summed E-state index contributed by atoms with van der Waals surface area (Å²) >= 11 is 0. The Kier molecular flexibility index (Phi) is 3.81. The molecule has 1 saturated heterocycles. The van der Waals surface area contributed by atoms with Crippen molar-refractivity contribution in [3.63, 3.8) is 0 Å². The van der Waals surface area contributed by atoms with E-state index in [1.807, 2.05) is 0 Å². The van der Waals surface area contributed by atoms with Crippen LogP contribution in [0.3, 0.4) is 0 Å². The van der Waals surface area contributed by atoms with Gasteiger partial charge in [-0.1, -0.05) is 13.0 Å². The minimum Gasteiger partial charge on any atom is -0.366 e. The van der Waals surface area contributed by atoms with Crippen LogP contribution in [0.2, 0.25) is 0 Å². The van der Waals surface area contributed by atoms with E-state index in [2.05, 4.69) is 22.2 Å². The number of amides is 2. The highest BCUT2D eigenvalue weighted by molar-refractivity contribution is 6.05. The highest BCUT2D eigenvalue weighted by Crippen LogP contribution is 2.17. The maximum Gasteiger partial charge on any atom is 0.289 e. The summed E-state index contributed by atoms with van der Waals surface area (Å²) in [6, 6.07) is 5.41. The van der Waals surface area contributed by atoms with Crippen molar-refractivity contribution in [2.45, 2.75) is 19.4 Å². The van der Waals surface area contributed by atoms with Gasteiger partial charge in [0.05, 0.1) is 11.1 Å². The van der Waals surface area contributed by atoms with Crippen LogP contribution in [-0.2, 0) is 0 Å². The van der Waals surface area contributed by atoms with Crippen molar-refractivity contribution < 1.29 is 9.59 Å². The predicted octanol–water partition coefficient (Wildman–Crippen LogP) is 0.486. The van der Waals surface area contributed by atoms with E-state index in [4.69, 9.17) is 5.73 Å². The van der Waals surface area contributed by atoms with Crippen LogP contribution in [0.5, 0.6) is 0 Å². The highest BCUT2D eigenvalue weighted by atomic mass is 16.2. The van der Waals surface area contributed by atoms with Gasteiger partial charge in [0.2, 0.25) is 0 Å². The first-order valence-corrected chi connectivity index (χ1v) is 7.41. The number of piperazine rings is 1. The SMILES string of the molecule is CC[C@H]1CN(C(=O)c2nc3c(C(N)=O)cccc3[nH]2)CCN1. The van der Waals surface area contributed by atoms with Gasteiger partial charge < -0.3 is 20.9 Å². The number of hydrogen-bond acceptors (Lipinski definition) is 4. The molecule has 1 aliphatic rings. The number of fused-ring (bicyclic) bond motifs is 1. The van der Waals surface area contributed by atoms with Gasteiger partial charge >= 0.3 is 0 Å². The molecule has 1 aliphatic heterocycles. The molecule has 0 radical (unpaired) electrons. The Morgan fingerprint density at radius 2 is 2.27 bits per heavy atom. The maximum absolute atomic E-state index is 12.6. The topological polar surface area (TPSA) is 104 Å². The van der Waals surface area contributed by atoms with Gasteiger partial charge in [-0.15, -0.1) is 0 Å². The number of nitrogens with zero attached hydrogens (tertiary/aromatic N) is 2. The van der Waals surface area contributed by atoms with Crippen LogP contribution >= 0.6 is 0 Å². The molecule has 2 aromatic rings. The zero-order valence-electron chi connectivity index (χ0n) is 12.4. The molecule has 116 valence electrons. The molecule has 2 heterocycles. The number of para-hydroxylation sites is 1. The molecule has 0 unspecified atom stereocenters. The quantitative estimate of drug-likeness (QED) is 0.767. The Morgan fingerprint density at radius 3 is 3.00 bits per heavy atom. The molecule has 22 heavy (non-hydrogen) atoms. The zero-order valence-corrected chi connectivity index (χ0v) is 12.4. The monoisotopic (exact) mass is 301 g/mol. The summed E-state index contributed by atoms with van der Waals surface area (Å²) in [5.41, 5.74) is 6.75. The molecule has 0 aliphatic carbocycles. The molecule has 1 atom stereocenters. The average Bonchev–Trinajstić information content (AvgIpc) is 2.97. The average molecular weight is 301 g/mol. The summed E-state index contributed by atoms with van der Waals surface area (Å²) in [6.07, 6.45) is 0.968. The Bertz CT molecular complexity index is 724. The molecule has 3 rings (SSSR count). The van der Waals surface area contributed by atoms with Crippen LogP contribution in [0.15, 0.2) is 18.2 Å². The van der Waals surface area contributed by atoms with Gasteiger partial charge in [-0.05, 0) is 18.6 Å². The van der Waals surface area contributed by atoms with Crippen LogP contribution in [-0.4, -0.2) is 52.4 Å². The number of hydrogen-bond donors (Lipinski definition) is 3. The fourth-order valence-corrected chi connectivity index (χ4v) is 2.77. The molecule has 4 N–H and O–H groups in total. The lowest BCUT2D eigenvalue weighted by atomic mass is 10.1. The number of primary amides is 1. The van der Waals surface area contributed by atoms with E-state index in [1.54, 1.807) is 23.1 Å². The van der Waals surface area contributed by atoms with Gasteiger partial charge in [-0.25, -0.2) is 4.98 Å². The standard InChI is InChI=1S/C15H19N5O2/c1-2-9-8-20(7-6-17-9)15(22)14-18-11-5-3-4-10(13(16)21)12(11)19-14/h3-5,9,17H,2,6-8H2,1H3,(H2,16,21)(H,18,19)/t9-/m0/s1. The Hall–Kier alpha value is -2.41. The normalized spacial score (nSPS) is 18.6. The summed E-state index contributed by atoms with van der Waals surface area (Å²) in [7, 11) is 0. The first-order chi connectivity index (χ1) is 10.6. The lowest BCUT2D eigenvalue weighted by molar-refractivity contribution is 0.0690. The van der Waals surface area contributed by atoms with Gasteiger partial charge in [0.1, 0.15) is 5.52 Å². The number of H-pyrrole nitrogens is 1. The first-order valence-electron chi connectivity index (χ1n) is 7.41. The van der Waals surface area contributed by atoms with Crippen molar-refractivity contribution in [3.05, 3.63) is 29.6 Å². The van der Waals surface area contributed by atoms with Crippen molar-refractivity contribution in [1.29, 1.82) is 0 Å². The number of carbonyl (C=O) groups excluding carboxylic acids is 2. The number of carbonyl (C=O) groups is 2. The zero-order chi connectivity index (χ0) is 15.7. The number of nitrogens with two attached hydrogens (primary N) is 1. The van der Waals surface area contributed by atoms with Gasteiger partial charge in [0, 0.05) is 25.7 Å². The second-order valence-electron chi connectivity index (χ2n) is 5.46. The molecule has 2 amide bonds. The van der Waals surface area contributed by atoms with Crippen LogP contribution in [0.1, 0.15) is 34.3 Å². The summed E-state index contributed by atoms with van der Waals surface area (Å²) in [5, 5.41) is 3.37. The lowest BCUT2D eigenvalue weighted by Gasteiger charge is -2.32. The van der Waals surface area contributed by atoms with E-state index >= 15 is 0 Å². The number of nitrogens with one attached hydrogen (secondary N) is 2. The third kappa shape index (κ3) is 2.55. The van der Waals surface area contributed by atoms with E-state index in [0.717, 1.165) is 13.0 Å². The van der Waals surface area contributed by atoms with E-state index in [1.165, 1.54) is 0 Å². The van der Waals surface area contributed by atoms with Crippen molar-refractivity contribution in [3.8, 4) is 0 Å². The third-order valence-corrected chi connectivity index (χ3v) is 4.02. The molecule has 1 aromatic heterocycles. The second kappa shape index (κ2) is 5.76. The Balaban J connectivity index is 1.91. The maximum atomic E-state index is 12.6. The molecule has 0 spiro atoms. The molecule has 7 nitrogen and oxygen atoms in total. The minimum atomic E-state index is -0.552. The third-order valence-electron chi connectivity index (χ3n) is 4.02. The Labute approximate surface area is 127 Å². The second-order valence-corrected chi connectivity index (χ2v) is 5.46. The molecule has 0 bridgehead atoms. The van der Waals surface area contributed by atoms with Crippen LogP contribution in [0, 0.1) is 0 Å². The number of rotatable bonds is 3. The number of imidazole rings is 1. The fourth-order valence-electron chi connectivity index (χ4n) is 2.77. The molecule has 1 fully saturated rings. The van der Waals surface area contributed by atoms with Crippen LogP contribution < -0.4 is 11.1 Å². The fraction of sp³-hybridized carbons (Fsp3) is 0.400. The number of aromatic nitrogens is 2. The highest BCUT2D eigenvalue weighted by Gasteiger charge is 2.25. The van der Waals surface area contributed by atoms with Crippen molar-refractivity contribution in [2.24, 2.45) is 5.73 Å². The van der Waals surface area contributed by atoms with Crippen LogP contribution in [0.4, 0.5) is 0 Å². The van der Waals surface area contributed by atoms with E-state index in [9.17, 15) is 9.59 Å². The number of aromatic amines is 1. The van der Waals surface area contributed by atoms with Gasteiger partial charge in [-0.2, -0.15) is 0 Å². The van der Waals surface area contributed by atoms with Crippen molar-refractivity contribution in [1.82, 2.24) is 20.2 Å². The summed E-state index contributed by atoms with van der Waals surface area (Å²) < 4.78 is 0. The van der Waals surface area contributed by atoms with E-state index in [0.29, 0.717) is 35.7 Å². The summed E-state index contributed by atoms with van der Waals surface area (Å²) in [4.78, 5) is 33.1. The molecular formula is C15H19N5O2. The lowest BCUT2D eigenvalue weighted by Crippen LogP contribution is -2.52. The Morgan fingerprint density at radius 1 is 1.45 bits per heavy atom. The molecule has 7 heteroatoms. The van der Waals surface area contributed by atoms with Gasteiger partial charge in [-0.3, -0.25) is 9.59 Å². The smallest absolute Gasteiger partial charge is 0.289 e. The van der Waals surface area contributed by atoms with Crippen molar-refractivity contribution in [2.75, 3.05) is 19.6 Å². The minimum absolute atomic E-state index is 0.147. The first kappa shape index (κ1) is 14.5. The largest absolute Gasteiger partial charge is 0.366 e. The van der Waals surface area contributed by atoms with Crippen LogP contribution in [0.25, 0.3) is 11.0 Å².